The molecule has 0 radical (unpaired) electrons. The molecule has 6 heteroatoms. The molecule has 0 unspecified atom stereocenters. The molecule has 0 aromatic heterocycles. The van der Waals surface area contributed by atoms with Crippen molar-refractivity contribution < 1.29 is 23.9 Å². The maximum absolute atomic E-state index is 12.2. The van der Waals surface area contributed by atoms with E-state index >= 15 is 0 Å². The molecule has 1 aliphatic heterocycles. The van der Waals surface area contributed by atoms with Crippen molar-refractivity contribution in [2.75, 3.05) is 13.7 Å². The van der Waals surface area contributed by atoms with Gasteiger partial charge in [-0.15, -0.1) is 0 Å². The number of methoxy groups -OCH3 is 1. The molecular formula is C16H19NO5. The van der Waals surface area contributed by atoms with Crippen molar-refractivity contribution in [1.82, 2.24) is 4.90 Å². The Hall–Kier alpha value is -2.37. The molecule has 0 saturated carbocycles. The van der Waals surface area contributed by atoms with Crippen LogP contribution >= 0.6 is 0 Å². The Balaban J connectivity index is 1.98. The highest BCUT2D eigenvalue weighted by Crippen LogP contribution is 2.23. The Morgan fingerprint density at radius 2 is 2.00 bits per heavy atom. The van der Waals surface area contributed by atoms with Crippen LogP contribution in [0.5, 0.6) is 0 Å². The Kier molecular flexibility index (Phi) is 5.52. The summed E-state index contributed by atoms with van der Waals surface area (Å²) < 4.78 is 9.95. The van der Waals surface area contributed by atoms with Crippen LogP contribution in [0.15, 0.2) is 30.3 Å². The first-order chi connectivity index (χ1) is 10.7. The highest BCUT2D eigenvalue weighted by molar-refractivity contribution is 5.77. The third kappa shape index (κ3) is 3.84. The molecule has 2 atom stereocenters. The Morgan fingerprint density at radius 1 is 1.27 bits per heavy atom. The fourth-order valence-electron chi connectivity index (χ4n) is 2.50. The number of ether oxygens (including phenoxy) is 2. The lowest BCUT2D eigenvalue weighted by Gasteiger charge is -2.35. The second-order valence-corrected chi connectivity index (χ2v) is 5.19. The molecule has 0 spiro atoms. The summed E-state index contributed by atoms with van der Waals surface area (Å²) in [6, 6.07) is 8.72. The van der Waals surface area contributed by atoms with E-state index < -0.39 is 18.1 Å². The van der Waals surface area contributed by atoms with Crippen LogP contribution in [0.3, 0.4) is 0 Å². The highest BCUT2D eigenvalue weighted by Gasteiger charge is 2.35. The van der Waals surface area contributed by atoms with Crippen molar-refractivity contribution in [3.05, 3.63) is 35.9 Å². The number of hydrogen-bond acceptors (Lipinski definition) is 5. The van der Waals surface area contributed by atoms with Gasteiger partial charge in [0.25, 0.3) is 0 Å². The van der Waals surface area contributed by atoms with Crippen LogP contribution in [0.25, 0.3) is 0 Å². The lowest BCUT2D eigenvalue weighted by molar-refractivity contribution is -0.148. The van der Waals surface area contributed by atoms with Gasteiger partial charge in [-0.05, 0) is 18.4 Å². The average molecular weight is 305 g/mol. The van der Waals surface area contributed by atoms with Gasteiger partial charge >= 0.3 is 12.1 Å². The van der Waals surface area contributed by atoms with Crippen LogP contribution in [0.2, 0.25) is 0 Å². The summed E-state index contributed by atoms with van der Waals surface area (Å²) in [5, 5.41) is 0. The van der Waals surface area contributed by atoms with Crippen molar-refractivity contribution in [2.24, 2.45) is 5.92 Å². The minimum atomic E-state index is -0.588. The van der Waals surface area contributed by atoms with Crippen molar-refractivity contribution >= 4 is 18.3 Å². The Morgan fingerprint density at radius 3 is 2.64 bits per heavy atom. The fraction of sp³-hybridized carbons (Fsp3) is 0.438. The van der Waals surface area contributed by atoms with Crippen LogP contribution < -0.4 is 0 Å². The second kappa shape index (κ2) is 7.59. The topological polar surface area (TPSA) is 72.9 Å². The number of amides is 1. The molecule has 0 bridgehead atoms. The number of piperidine rings is 1. The van der Waals surface area contributed by atoms with E-state index in [-0.39, 0.29) is 19.1 Å². The van der Waals surface area contributed by atoms with E-state index in [0.717, 1.165) is 11.8 Å². The van der Waals surface area contributed by atoms with Crippen LogP contribution in [-0.2, 0) is 25.7 Å². The van der Waals surface area contributed by atoms with E-state index in [2.05, 4.69) is 0 Å². The zero-order chi connectivity index (χ0) is 15.9. The molecule has 0 N–H and O–H groups in total. The fourth-order valence-corrected chi connectivity index (χ4v) is 2.50. The quantitative estimate of drug-likeness (QED) is 0.626. The third-order valence-corrected chi connectivity index (χ3v) is 3.76. The number of esters is 1. The molecule has 118 valence electrons. The number of likely N-dealkylation sites (tertiary alicyclic amines) is 1. The lowest BCUT2D eigenvalue weighted by atomic mass is 9.94. The summed E-state index contributed by atoms with van der Waals surface area (Å²) >= 11 is 0. The van der Waals surface area contributed by atoms with E-state index in [1.165, 1.54) is 12.0 Å². The van der Waals surface area contributed by atoms with Crippen LogP contribution in [-0.4, -0.2) is 42.9 Å². The zero-order valence-electron chi connectivity index (χ0n) is 12.4. The molecule has 1 fully saturated rings. The number of rotatable bonds is 4. The zero-order valence-corrected chi connectivity index (χ0v) is 12.4. The Labute approximate surface area is 129 Å². The summed E-state index contributed by atoms with van der Waals surface area (Å²) in [6.45, 7) is 0.272. The standard InChI is InChI=1S/C16H19NO5/c1-21-15(19)13-7-8-14(10-18)17(9-13)16(20)22-11-12-5-3-2-4-6-12/h2-6,10,13-14H,7-9,11H2,1H3/t13-,14-/m1/s1. The molecule has 1 amide bonds. The monoisotopic (exact) mass is 305 g/mol. The summed E-state index contributed by atoms with van der Waals surface area (Å²) in [6.07, 6.45) is 1.09. The number of aldehydes is 1. The minimum Gasteiger partial charge on any atom is -0.469 e. The molecule has 6 nitrogen and oxygen atoms in total. The van der Waals surface area contributed by atoms with Crippen molar-refractivity contribution in [2.45, 2.75) is 25.5 Å². The number of carbonyl (C=O) groups excluding carboxylic acids is 3. The summed E-state index contributed by atoms with van der Waals surface area (Å²) in [4.78, 5) is 36.2. The predicted octanol–water partition coefficient (Wildman–Crippen LogP) is 1.78. The van der Waals surface area contributed by atoms with Gasteiger partial charge in [-0.25, -0.2) is 4.79 Å². The predicted molar refractivity (Wildman–Crippen MR) is 77.9 cm³/mol. The van der Waals surface area contributed by atoms with E-state index in [9.17, 15) is 14.4 Å². The summed E-state index contributed by atoms with van der Waals surface area (Å²) in [7, 11) is 1.31. The van der Waals surface area contributed by atoms with Crippen molar-refractivity contribution in [3.8, 4) is 0 Å². The van der Waals surface area contributed by atoms with E-state index in [1.807, 2.05) is 30.3 Å². The van der Waals surface area contributed by atoms with Crippen molar-refractivity contribution in [3.63, 3.8) is 0 Å². The molecule has 1 saturated heterocycles. The molecule has 1 aromatic rings. The maximum Gasteiger partial charge on any atom is 0.410 e. The van der Waals surface area contributed by atoms with Gasteiger partial charge in [0.1, 0.15) is 12.9 Å². The SMILES string of the molecule is COC(=O)[C@@H]1CC[C@H](C=O)N(C(=O)OCc2ccccc2)C1. The average Bonchev–Trinajstić information content (AvgIpc) is 2.59. The number of nitrogens with zero attached hydrogens (tertiary/aromatic N) is 1. The van der Waals surface area contributed by atoms with Crippen molar-refractivity contribution in [1.29, 1.82) is 0 Å². The first-order valence-electron chi connectivity index (χ1n) is 7.16. The van der Waals surface area contributed by atoms with Crippen LogP contribution in [0, 0.1) is 5.92 Å². The van der Waals surface area contributed by atoms with E-state index in [1.54, 1.807) is 0 Å². The second-order valence-electron chi connectivity index (χ2n) is 5.19. The molecule has 1 aromatic carbocycles. The molecular weight excluding hydrogens is 286 g/mol. The number of hydrogen-bond donors (Lipinski definition) is 0. The number of benzene rings is 1. The molecule has 1 heterocycles. The van der Waals surface area contributed by atoms with Gasteiger partial charge in [-0.1, -0.05) is 30.3 Å². The van der Waals surface area contributed by atoms with Gasteiger partial charge in [-0.2, -0.15) is 0 Å². The van der Waals surface area contributed by atoms with Crippen LogP contribution in [0.4, 0.5) is 4.79 Å². The van der Waals surface area contributed by atoms with Crippen LogP contribution in [0.1, 0.15) is 18.4 Å². The third-order valence-electron chi connectivity index (χ3n) is 3.76. The van der Waals surface area contributed by atoms with Gasteiger partial charge < -0.3 is 14.3 Å². The molecule has 22 heavy (non-hydrogen) atoms. The largest absolute Gasteiger partial charge is 0.469 e. The summed E-state index contributed by atoms with van der Waals surface area (Å²) in [5.41, 5.74) is 0.861. The molecule has 1 aliphatic rings. The van der Waals surface area contributed by atoms with Gasteiger partial charge in [0, 0.05) is 6.54 Å². The Bertz CT molecular complexity index is 531. The van der Waals surface area contributed by atoms with E-state index in [4.69, 9.17) is 9.47 Å². The first-order valence-corrected chi connectivity index (χ1v) is 7.16. The minimum absolute atomic E-state index is 0.130. The highest BCUT2D eigenvalue weighted by atomic mass is 16.6. The maximum atomic E-state index is 12.2. The number of carbonyl (C=O) groups is 3. The lowest BCUT2D eigenvalue weighted by Crippen LogP contribution is -2.49. The summed E-state index contributed by atoms with van der Waals surface area (Å²) in [5.74, 6) is -0.782. The smallest absolute Gasteiger partial charge is 0.410 e. The van der Waals surface area contributed by atoms with E-state index in [0.29, 0.717) is 12.8 Å². The van der Waals surface area contributed by atoms with Gasteiger partial charge in [0.05, 0.1) is 19.1 Å². The molecule has 2 rings (SSSR count). The normalized spacial score (nSPS) is 21.0. The molecule has 0 aliphatic carbocycles. The first kappa shape index (κ1) is 16.0. The van der Waals surface area contributed by atoms with Gasteiger partial charge in [-0.3, -0.25) is 9.69 Å². The van der Waals surface area contributed by atoms with Gasteiger partial charge in [0.15, 0.2) is 0 Å². The van der Waals surface area contributed by atoms with Gasteiger partial charge in [0.2, 0.25) is 0 Å².